The molecule has 2 N–H and O–H groups in total. The van der Waals surface area contributed by atoms with E-state index in [0.717, 1.165) is 19.0 Å². The molecule has 0 aliphatic carbocycles. The first-order chi connectivity index (χ1) is 13.5. The molecule has 0 bridgehead atoms. The third-order valence-electron chi connectivity index (χ3n) is 3.93. The van der Waals surface area contributed by atoms with Gasteiger partial charge in [0.2, 0.25) is 5.95 Å². The molecule has 0 amide bonds. The van der Waals surface area contributed by atoms with E-state index in [-0.39, 0.29) is 5.69 Å². The lowest BCUT2D eigenvalue weighted by atomic mass is 10.2. The fourth-order valence-electron chi connectivity index (χ4n) is 2.57. The molecule has 0 atom stereocenters. The molecule has 6 nitrogen and oxygen atoms in total. The Hall–Kier alpha value is -3.13. The van der Waals surface area contributed by atoms with E-state index in [1.807, 2.05) is 32.3 Å². The van der Waals surface area contributed by atoms with Crippen molar-refractivity contribution in [3.63, 3.8) is 0 Å². The van der Waals surface area contributed by atoms with Crippen LogP contribution in [0.2, 0.25) is 0 Å². The zero-order valence-corrected chi connectivity index (χ0v) is 15.8. The molecule has 0 saturated carbocycles. The Labute approximate surface area is 162 Å². The zero-order valence-electron chi connectivity index (χ0n) is 15.8. The van der Waals surface area contributed by atoms with Gasteiger partial charge in [-0.3, -0.25) is 4.98 Å². The van der Waals surface area contributed by atoms with Crippen LogP contribution in [-0.2, 0) is 0 Å². The fraction of sp³-hybridized carbons (Fsp3) is 0.250. The molecule has 0 aliphatic heterocycles. The van der Waals surface area contributed by atoms with E-state index < -0.39 is 11.6 Å². The minimum absolute atomic E-state index is 0.00392. The van der Waals surface area contributed by atoms with Gasteiger partial charge in [-0.25, -0.2) is 13.8 Å². The molecular formula is C20H22F2N6. The maximum atomic E-state index is 14.0. The number of anilines is 3. The van der Waals surface area contributed by atoms with Gasteiger partial charge in [0.05, 0.1) is 17.1 Å². The van der Waals surface area contributed by atoms with E-state index in [2.05, 4.69) is 30.5 Å². The molecule has 28 heavy (non-hydrogen) atoms. The van der Waals surface area contributed by atoms with Crippen LogP contribution in [0, 0.1) is 11.6 Å². The monoisotopic (exact) mass is 384 g/mol. The van der Waals surface area contributed by atoms with E-state index >= 15 is 0 Å². The van der Waals surface area contributed by atoms with Crippen molar-refractivity contribution >= 4 is 17.5 Å². The highest BCUT2D eigenvalue weighted by Crippen LogP contribution is 2.24. The summed E-state index contributed by atoms with van der Waals surface area (Å²) in [5.41, 5.74) is 1.23. The van der Waals surface area contributed by atoms with E-state index in [4.69, 9.17) is 0 Å². The van der Waals surface area contributed by atoms with Crippen molar-refractivity contribution < 1.29 is 8.78 Å². The summed E-state index contributed by atoms with van der Waals surface area (Å²) in [6, 6.07) is 11.1. The van der Waals surface area contributed by atoms with E-state index in [1.54, 1.807) is 12.3 Å². The van der Waals surface area contributed by atoms with Crippen molar-refractivity contribution in [3.05, 3.63) is 60.3 Å². The van der Waals surface area contributed by atoms with Crippen molar-refractivity contribution in [1.82, 2.24) is 19.9 Å². The summed E-state index contributed by atoms with van der Waals surface area (Å²) < 4.78 is 27.5. The zero-order chi connectivity index (χ0) is 19.9. The average molecular weight is 384 g/mol. The maximum Gasteiger partial charge on any atom is 0.225 e. The minimum atomic E-state index is -0.957. The molecular weight excluding hydrogens is 362 g/mol. The number of aromatic nitrogens is 3. The van der Waals surface area contributed by atoms with E-state index in [0.29, 0.717) is 29.7 Å². The Balaban J connectivity index is 1.87. The summed E-state index contributed by atoms with van der Waals surface area (Å²) in [6.07, 6.45) is 2.58. The summed E-state index contributed by atoms with van der Waals surface area (Å²) >= 11 is 0. The molecule has 0 saturated heterocycles. The molecule has 0 radical (unpaired) electrons. The molecule has 2 aromatic heterocycles. The Bertz CT molecular complexity index is 918. The molecule has 3 rings (SSSR count). The first-order valence-electron chi connectivity index (χ1n) is 8.93. The number of halogens is 2. The number of nitrogens with one attached hydrogen (secondary N) is 2. The number of nitrogens with zero attached hydrogens (tertiary/aromatic N) is 4. The number of rotatable bonds is 8. The Morgan fingerprint density at radius 1 is 1.00 bits per heavy atom. The molecule has 3 aromatic rings. The van der Waals surface area contributed by atoms with Gasteiger partial charge in [0.15, 0.2) is 11.6 Å². The first kappa shape index (κ1) is 19.6. The van der Waals surface area contributed by atoms with Gasteiger partial charge in [-0.15, -0.1) is 0 Å². The van der Waals surface area contributed by atoms with Crippen molar-refractivity contribution in [2.24, 2.45) is 0 Å². The summed E-state index contributed by atoms with van der Waals surface area (Å²) in [4.78, 5) is 15.3. The number of pyridine rings is 1. The largest absolute Gasteiger partial charge is 0.354 e. The molecule has 0 unspecified atom stereocenters. The van der Waals surface area contributed by atoms with Gasteiger partial charge in [0, 0.05) is 18.8 Å². The third kappa shape index (κ3) is 5.20. The van der Waals surface area contributed by atoms with Crippen LogP contribution in [0.3, 0.4) is 0 Å². The third-order valence-corrected chi connectivity index (χ3v) is 3.93. The van der Waals surface area contributed by atoms with Crippen LogP contribution in [0.4, 0.5) is 26.2 Å². The first-order valence-corrected chi connectivity index (χ1v) is 8.93. The highest BCUT2D eigenvalue weighted by Gasteiger charge is 2.12. The smallest absolute Gasteiger partial charge is 0.225 e. The maximum absolute atomic E-state index is 14.0. The highest BCUT2D eigenvalue weighted by molar-refractivity contribution is 5.65. The summed E-state index contributed by atoms with van der Waals surface area (Å²) in [5.74, 6) is -1.15. The topological polar surface area (TPSA) is 66.0 Å². The van der Waals surface area contributed by atoms with E-state index in [9.17, 15) is 8.78 Å². The van der Waals surface area contributed by atoms with Gasteiger partial charge >= 0.3 is 0 Å². The van der Waals surface area contributed by atoms with Crippen LogP contribution in [0.25, 0.3) is 11.4 Å². The predicted octanol–water partition coefficient (Wildman–Crippen LogP) is 3.92. The quantitative estimate of drug-likeness (QED) is 0.574. The molecule has 2 heterocycles. The molecule has 0 aliphatic rings. The predicted molar refractivity (Wildman–Crippen MR) is 107 cm³/mol. The summed E-state index contributed by atoms with van der Waals surface area (Å²) in [5, 5.41) is 6.01. The lowest BCUT2D eigenvalue weighted by Crippen LogP contribution is -2.17. The Morgan fingerprint density at radius 2 is 1.86 bits per heavy atom. The van der Waals surface area contributed by atoms with Crippen molar-refractivity contribution in [3.8, 4) is 11.4 Å². The normalized spacial score (nSPS) is 10.9. The molecule has 0 fully saturated rings. The van der Waals surface area contributed by atoms with Crippen LogP contribution < -0.4 is 10.6 Å². The van der Waals surface area contributed by atoms with Gasteiger partial charge in [-0.05, 0) is 51.3 Å². The summed E-state index contributed by atoms with van der Waals surface area (Å²) in [6.45, 7) is 1.60. The van der Waals surface area contributed by atoms with Crippen LogP contribution in [0.5, 0.6) is 0 Å². The van der Waals surface area contributed by atoms with Gasteiger partial charge in [-0.1, -0.05) is 12.1 Å². The lowest BCUT2D eigenvalue weighted by molar-refractivity contribution is 0.405. The van der Waals surface area contributed by atoms with Crippen LogP contribution >= 0.6 is 0 Å². The SMILES string of the molecule is CN(C)CCCNc1nc(Nc2cccc(F)c2F)cc(-c2ccccn2)n1. The second-order valence-corrected chi connectivity index (χ2v) is 6.49. The molecule has 0 spiro atoms. The highest BCUT2D eigenvalue weighted by atomic mass is 19.2. The second-order valence-electron chi connectivity index (χ2n) is 6.49. The fourth-order valence-corrected chi connectivity index (χ4v) is 2.57. The standard InChI is InChI=1S/C20H22F2N6/c1-28(2)12-6-11-24-20-26-17(15-8-3-4-10-23-15)13-18(27-20)25-16-9-5-7-14(21)19(16)22/h3-5,7-10,13H,6,11-12H2,1-2H3,(H2,24,25,26,27). The minimum Gasteiger partial charge on any atom is -0.354 e. The Morgan fingerprint density at radius 3 is 2.61 bits per heavy atom. The summed E-state index contributed by atoms with van der Waals surface area (Å²) in [7, 11) is 4.02. The van der Waals surface area contributed by atoms with Crippen LogP contribution in [-0.4, -0.2) is 47.0 Å². The van der Waals surface area contributed by atoms with Crippen LogP contribution in [0.15, 0.2) is 48.7 Å². The number of benzene rings is 1. The second kappa shape index (κ2) is 9.18. The average Bonchev–Trinajstić information content (AvgIpc) is 2.69. The van der Waals surface area contributed by atoms with Crippen LogP contribution in [0.1, 0.15) is 6.42 Å². The van der Waals surface area contributed by atoms with Crippen molar-refractivity contribution in [1.29, 1.82) is 0 Å². The van der Waals surface area contributed by atoms with Crippen molar-refractivity contribution in [2.45, 2.75) is 6.42 Å². The van der Waals surface area contributed by atoms with Gasteiger partial charge in [-0.2, -0.15) is 4.98 Å². The lowest BCUT2D eigenvalue weighted by Gasteiger charge is -2.13. The van der Waals surface area contributed by atoms with Gasteiger partial charge in [0.25, 0.3) is 0 Å². The molecule has 8 heteroatoms. The van der Waals surface area contributed by atoms with E-state index in [1.165, 1.54) is 12.1 Å². The molecule has 1 aromatic carbocycles. The molecule has 146 valence electrons. The van der Waals surface area contributed by atoms with Gasteiger partial charge in [0.1, 0.15) is 5.82 Å². The van der Waals surface area contributed by atoms with Crippen molar-refractivity contribution in [2.75, 3.05) is 37.8 Å². The van der Waals surface area contributed by atoms with Gasteiger partial charge < -0.3 is 15.5 Å². The Kier molecular flexibility index (Phi) is 6.44. The number of hydrogen-bond acceptors (Lipinski definition) is 6. The number of hydrogen-bond donors (Lipinski definition) is 2.